The minimum Gasteiger partial charge on any atom is -0.388 e. The minimum atomic E-state index is -0.869. The van der Waals surface area contributed by atoms with Crippen LogP contribution in [0.1, 0.15) is 31.1 Å². The molecule has 0 fully saturated rings. The van der Waals surface area contributed by atoms with E-state index in [-0.39, 0.29) is 11.6 Å². The molecule has 0 radical (unpaired) electrons. The predicted octanol–water partition coefficient (Wildman–Crippen LogP) is 2.01. The Morgan fingerprint density at radius 2 is 2.12 bits per heavy atom. The molecular formula is C12H17ClN2O2. The standard InChI is InChI=1S/C12H17ClN2O2/c1-7(12(2,3)17)15-8-4-5-10(13)9(6-8)11(14)16/h4-7,15,17H,1-3H3,(H2,14,16). The number of carbonyl (C=O) groups excluding carboxylic acids is 1. The van der Waals surface area contributed by atoms with Gasteiger partial charge in [-0.3, -0.25) is 4.79 Å². The van der Waals surface area contributed by atoms with E-state index in [2.05, 4.69) is 5.32 Å². The van der Waals surface area contributed by atoms with E-state index in [0.29, 0.717) is 10.7 Å². The summed E-state index contributed by atoms with van der Waals surface area (Å²) in [6.07, 6.45) is 0. The number of carbonyl (C=O) groups is 1. The van der Waals surface area contributed by atoms with E-state index in [1.165, 1.54) is 0 Å². The summed E-state index contributed by atoms with van der Waals surface area (Å²) in [5.74, 6) is -0.574. The smallest absolute Gasteiger partial charge is 0.250 e. The van der Waals surface area contributed by atoms with Crippen LogP contribution in [0, 0.1) is 0 Å². The topological polar surface area (TPSA) is 75.3 Å². The molecule has 1 rings (SSSR count). The molecule has 0 aliphatic carbocycles. The molecule has 1 atom stereocenters. The molecule has 0 bridgehead atoms. The van der Waals surface area contributed by atoms with E-state index in [9.17, 15) is 9.90 Å². The number of hydrogen-bond donors (Lipinski definition) is 3. The lowest BCUT2D eigenvalue weighted by Gasteiger charge is -2.27. The molecule has 4 N–H and O–H groups in total. The highest BCUT2D eigenvalue weighted by Crippen LogP contribution is 2.22. The molecular weight excluding hydrogens is 240 g/mol. The summed E-state index contributed by atoms with van der Waals surface area (Å²) in [6.45, 7) is 5.25. The highest BCUT2D eigenvalue weighted by molar-refractivity contribution is 6.33. The zero-order chi connectivity index (χ0) is 13.2. The van der Waals surface area contributed by atoms with Crippen molar-refractivity contribution in [3.63, 3.8) is 0 Å². The first-order valence-corrected chi connectivity index (χ1v) is 5.68. The summed E-state index contributed by atoms with van der Waals surface area (Å²) in [4.78, 5) is 11.1. The van der Waals surface area contributed by atoms with Crippen molar-refractivity contribution in [1.82, 2.24) is 0 Å². The van der Waals surface area contributed by atoms with Crippen molar-refractivity contribution in [3.8, 4) is 0 Å². The van der Waals surface area contributed by atoms with E-state index < -0.39 is 11.5 Å². The fraction of sp³-hybridized carbons (Fsp3) is 0.417. The fourth-order valence-corrected chi connectivity index (χ4v) is 1.44. The number of benzene rings is 1. The fourth-order valence-electron chi connectivity index (χ4n) is 1.23. The molecule has 1 aromatic carbocycles. The van der Waals surface area contributed by atoms with Crippen molar-refractivity contribution < 1.29 is 9.90 Å². The first-order valence-electron chi connectivity index (χ1n) is 5.30. The van der Waals surface area contributed by atoms with Gasteiger partial charge in [0.1, 0.15) is 0 Å². The van der Waals surface area contributed by atoms with E-state index in [4.69, 9.17) is 17.3 Å². The predicted molar refractivity (Wildman–Crippen MR) is 69.4 cm³/mol. The molecule has 0 saturated carbocycles. The number of rotatable bonds is 4. The van der Waals surface area contributed by atoms with E-state index in [1.54, 1.807) is 32.0 Å². The van der Waals surface area contributed by atoms with Gasteiger partial charge in [0.15, 0.2) is 0 Å². The Bertz CT molecular complexity index is 427. The molecule has 5 heteroatoms. The monoisotopic (exact) mass is 256 g/mol. The third-order valence-electron chi connectivity index (χ3n) is 2.67. The van der Waals surface area contributed by atoms with Gasteiger partial charge in [0, 0.05) is 5.69 Å². The van der Waals surface area contributed by atoms with E-state index in [1.807, 2.05) is 6.92 Å². The third kappa shape index (κ3) is 3.61. The summed E-state index contributed by atoms with van der Waals surface area (Å²) < 4.78 is 0. The number of nitrogens with two attached hydrogens (primary N) is 1. The maximum atomic E-state index is 11.1. The average molecular weight is 257 g/mol. The van der Waals surface area contributed by atoms with Crippen LogP contribution in [0.25, 0.3) is 0 Å². The number of nitrogens with one attached hydrogen (secondary N) is 1. The minimum absolute atomic E-state index is 0.176. The van der Waals surface area contributed by atoms with Gasteiger partial charge in [-0.1, -0.05) is 11.6 Å². The van der Waals surface area contributed by atoms with Gasteiger partial charge in [0.25, 0.3) is 0 Å². The second-order valence-electron chi connectivity index (χ2n) is 4.58. The van der Waals surface area contributed by atoms with Gasteiger partial charge in [-0.05, 0) is 39.0 Å². The van der Waals surface area contributed by atoms with Gasteiger partial charge in [0.2, 0.25) is 5.91 Å². The Balaban J connectivity index is 2.94. The van der Waals surface area contributed by atoms with Crippen molar-refractivity contribution in [2.24, 2.45) is 5.73 Å². The van der Waals surface area contributed by atoms with Gasteiger partial charge < -0.3 is 16.2 Å². The molecule has 0 aliphatic rings. The van der Waals surface area contributed by atoms with Crippen molar-refractivity contribution in [2.75, 3.05) is 5.32 Å². The molecule has 0 saturated heterocycles. The van der Waals surface area contributed by atoms with Gasteiger partial charge in [-0.2, -0.15) is 0 Å². The molecule has 1 aromatic rings. The van der Waals surface area contributed by atoms with Crippen LogP contribution in [0.4, 0.5) is 5.69 Å². The van der Waals surface area contributed by atoms with Crippen LogP contribution in [0.2, 0.25) is 5.02 Å². The number of anilines is 1. The van der Waals surface area contributed by atoms with Crippen LogP contribution in [0.15, 0.2) is 18.2 Å². The maximum absolute atomic E-state index is 11.1. The molecule has 0 heterocycles. The van der Waals surface area contributed by atoms with Crippen LogP contribution < -0.4 is 11.1 Å². The highest BCUT2D eigenvalue weighted by atomic mass is 35.5. The van der Waals surface area contributed by atoms with E-state index in [0.717, 1.165) is 0 Å². The van der Waals surface area contributed by atoms with Crippen molar-refractivity contribution in [2.45, 2.75) is 32.4 Å². The largest absolute Gasteiger partial charge is 0.388 e. The van der Waals surface area contributed by atoms with Gasteiger partial charge in [-0.25, -0.2) is 0 Å². The summed E-state index contributed by atoms with van der Waals surface area (Å²) >= 11 is 5.84. The quantitative estimate of drug-likeness (QED) is 0.771. The van der Waals surface area contributed by atoms with Crippen molar-refractivity contribution in [1.29, 1.82) is 0 Å². The summed E-state index contributed by atoms with van der Waals surface area (Å²) in [6, 6.07) is 4.73. The number of hydrogen-bond acceptors (Lipinski definition) is 3. The molecule has 0 aromatic heterocycles. The summed E-state index contributed by atoms with van der Waals surface area (Å²) in [7, 11) is 0. The van der Waals surface area contributed by atoms with Crippen LogP contribution in [0.5, 0.6) is 0 Å². The van der Waals surface area contributed by atoms with Gasteiger partial charge >= 0.3 is 0 Å². The molecule has 0 spiro atoms. The lowest BCUT2D eigenvalue weighted by Crippen LogP contribution is -2.39. The zero-order valence-corrected chi connectivity index (χ0v) is 10.9. The molecule has 1 amide bonds. The molecule has 4 nitrogen and oxygen atoms in total. The van der Waals surface area contributed by atoms with Gasteiger partial charge in [0.05, 0.1) is 22.2 Å². The van der Waals surface area contributed by atoms with Gasteiger partial charge in [-0.15, -0.1) is 0 Å². The Labute approximate surface area is 106 Å². The zero-order valence-electron chi connectivity index (χ0n) is 10.1. The number of primary amides is 1. The third-order valence-corrected chi connectivity index (χ3v) is 3.00. The van der Waals surface area contributed by atoms with E-state index >= 15 is 0 Å². The molecule has 94 valence electrons. The summed E-state index contributed by atoms with van der Waals surface area (Å²) in [5, 5.41) is 13.2. The summed E-state index contributed by atoms with van der Waals surface area (Å²) in [5.41, 5.74) is 5.29. The normalized spacial score (nSPS) is 13.2. The van der Waals surface area contributed by atoms with Crippen molar-refractivity contribution >= 4 is 23.2 Å². The number of amides is 1. The first-order chi connectivity index (χ1) is 7.71. The highest BCUT2D eigenvalue weighted by Gasteiger charge is 2.22. The van der Waals surface area contributed by atoms with Crippen LogP contribution in [-0.4, -0.2) is 22.7 Å². The van der Waals surface area contributed by atoms with Crippen LogP contribution in [-0.2, 0) is 0 Å². The van der Waals surface area contributed by atoms with Crippen LogP contribution >= 0.6 is 11.6 Å². The Hall–Kier alpha value is -1.26. The Morgan fingerprint density at radius 3 is 2.59 bits per heavy atom. The number of aliphatic hydroxyl groups is 1. The molecule has 0 aliphatic heterocycles. The lowest BCUT2D eigenvalue weighted by atomic mass is 10.0. The van der Waals surface area contributed by atoms with Crippen LogP contribution in [0.3, 0.4) is 0 Å². The Morgan fingerprint density at radius 1 is 1.53 bits per heavy atom. The SMILES string of the molecule is CC(Nc1ccc(Cl)c(C(N)=O)c1)C(C)(C)O. The number of halogens is 1. The lowest BCUT2D eigenvalue weighted by molar-refractivity contribution is 0.0649. The maximum Gasteiger partial charge on any atom is 0.250 e. The first kappa shape index (κ1) is 13.8. The second-order valence-corrected chi connectivity index (χ2v) is 4.99. The Kier molecular flexibility index (Phi) is 4.01. The molecule has 1 unspecified atom stereocenters. The van der Waals surface area contributed by atoms with Crippen molar-refractivity contribution in [3.05, 3.63) is 28.8 Å². The molecule has 17 heavy (non-hydrogen) atoms. The average Bonchev–Trinajstić information content (AvgIpc) is 2.19. The second kappa shape index (κ2) is 4.94.